The first-order valence-corrected chi connectivity index (χ1v) is 12.3. The van der Waals surface area contributed by atoms with Crippen LogP contribution in [0.5, 0.6) is 0 Å². The largest absolute Gasteiger partial charge is 0.354 e. The maximum absolute atomic E-state index is 12.5. The lowest BCUT2D eigenvalue weighted by Gasteiger charge is -2.34. The molecule has 6 heteroatoms. The van der Waals surface area contributed by atoms with Crippen LogP contribution in [0, 0.1) is 0 Å². The fraction of sp³-hybridized carbons (Fsp3) is 0.542. The Morgan fingerprint density at radius 3 is 2.50 bits per heavy atom. The Hall–Kier alpha value is -2.08. The van der Waals surface area contributed by atoms with Gasteiger partial charge >= 0.3 is 0 Å². The molecular formula is C24H32N4OS. The van der Waals surface area contributed by atoms with Gasteiger partial charge in [0.2, 0.25) is 0 Å². The van der Waals surface area contributed by atoms with Crippen LogP contribution in [0.1, 0.15) is 67.6 Å². The van der Waals surface area contributed by atoms with Crippen molar-refractivity contribution < 1.29 is 4.79 Å². The molecule has 0 N–H and O–H groups in total. The monoisotopic (exact) mass is 424 g/mol. The van der Waals surface area contributed by atoms with Gasteiger partial charge in [-0.15, -0.1) is 0 Å². The third-order valence-corrected chi connectivity index (χ3v) is 7.09. The number of carbonyl (C=O) groups is 1. The molecule has 4 rings (SSSR count). The SMILES string of the molecule is CCc1cc(N2CCCC[C@H]2C)nc(SCc2ccc(C(=O)N3CCCC3)cc2)n1. The van der Waals surface area contributed by atoms with Crippen LogP contribution in [0.15, 0.2) is 35.5 Å². The van der Waals surface area contributed by atoms with Crippen LogP contribution < -0.4 is 4.90 Å². The number of amides is 1. The summed E-state index contributed by atoms with van der Waals surface area (Å²) in [6.45, 7) is 7.30. The van der Waals surface area contributed by atoms with E-state index in [2.05, 4.69) is 36.9 Å². The fourth-order valence-electron chi connectivity index (χ4n) is 4.28. The first kappa shape index (κ1) is 21.2. The van der Waals surface area contributed by atoms with Crippen LogP contribution >= 0.6 is 11.8 Å². The summed E-state index contributed by atoms with van der Waals surface area (Å²) >= 11 is 1.68. The predicted octanol–water partition coefficient (Wildman–Crippen LogP) is 4.95. The molecule has 2 aliphatic heterocycles. The van der Waals surface area contributed by atoms with Gasteiger partial charge in [-0.3, -0.25) is 4.79 Å². The summed E-state index contributed by atoms with van der Waals surface area (Å²) in [5, 5.41) is 0.847. The number of hydrogen-bond acceptors (Lipinski definition) is 5. The van der Waals surface area contributed by atoms with E-state index >= 15 is 0 Å². The highest BCUT2D eigenvalue weighted by molar-refractivity contribution is 7.98. The molecule has 1 aromatic heterocycles. The average Bonchev–Trinajstić information content (AvgIpc) is 3.32. The third-order valence-electron chi connectivity index (χ3n) is 6.17. The minimum absolute atomic E-state index is 0.158. The van der Waals surface area contributed by atoms with E-state index in [1.165, 1.54) is 24.8 Å². The quantitative estimate of drug-likeness (QED) is 0.485. The topological polar surface area (TPSA) is 49.3 Å². The molecule has 1 amide bonds. The second kappa shape index (κ2) is 9.82. The molecule has 0 aliphatic carbocycles. The van der Waals surface area contributed by atoms with Gasteiger partial charge in [-0.25, -0.2) is 9.97 Å². The maximum atomic E-state index is 12.5. The van der Waals surface area contributed by atoms with Gasteiger partial charge in [0.05, 0.1) is 0 Å². The number of benzene rings is 1. The summed E-state index contributed by atoms with van der Waals surface area (Å²) in [5.74, 6) is 2.04. The Labute approximate surface area is 184 Å². The number of carbonyl (C=O) groups excluding carboxylic acids is 1. The number of piperidine rings is 1. The van der Waals surface area contributed by atoms with Crippen molar-refractivity contribution in [2.45, 2.75) is 69.3 Å². The lowest BCUT2D eigenvalue weighted by atomic mass is 10.0. The summed E-state index contributed by atoms with van der Waals surface area (Å²) in [7, 11) is 0. The predicted molar refractivity (Wildman–Crippen MR) is 123 cm³/mol. The van der Waals surface area contributed by atoms with Gasteiger partial charge in [0.15, 0.2) is 5.16 Å². The molecule has 5 nitrogen and oxygen atoms in total. The zero-order valence-electron chi connectivity index (χ0n) is 18.1. The summed E-state index contributed by atoms with van der Waals surface area (Å²) in [6.07, 6.45) is 6.93. The smallest absolute Gasteiger partial charge is 0.253 e. The van der Waals surface area contributed by atoms with E-state index in [0.29, 0.717) is 6.04 Å². The van der Waals surface area contributed by atoms with Crippen LogP contribution in [0.3, 0.4) is 0 Å². The molecule has 2 aliphatic rings. The molecule has 2 saturated heterocycles. The van der Waals surface area contributed by atoms with Crippen molar-refractivity contribution in [2.75, 3.05) is 24.5 Å². The first-order chi connectivity index (χ1) is 14.6. The number of nitrogens with zero attached hydrogens (tertiary/aromatic N) is 4. The third kappa shape index (κ3) is 4.97. The summed E-state index contributed by atoms with van der Waals surface area (Å²) < 4.78 is 0. The lowest BCUT2D eigenvalue weighted by molar-refractivity contribution is 0.0793. The summed E-state index contributed by atoms with van der Waals surface area (Å²) in [6, 6.07) is 10.7. The van der Waals surface area contributed by atoms with E-state index in [1.807, 2.05) is 17.0 Å². The molecule has 160 valence electrons. The van der Waals surface area contributed by atoms with Gasteiger partial charge in [-0.05, 0) is 63.1 Å². The molecule has 1 aromatic carbocycles. The van der Waals surface area contributed by atoms with Gasteiger partial charge < -0.3 is 9.80 Å². The molecule has 0 unspecified atom stereocenters. The van der Waals surface area contributed by atoms with Crippen molar-refractivity contribution in [1.82, 2.24) is 14.9 Å². The number of rotatable bonds is 6. The van der Waals surface area contributed by atoms with E-state index in [4.69, 9.17) is 9.97 Å². The number of anilines is 1. The van der Waals surface area contributed by atoms with Crippen LogP contribution in [0.4, 0.5) is 5.82 Å². The van der Waals surface area contributed by atoms with E-state index in [9.17, 15) is 4.79 Å². The Bertz CT molecular complexity index is 864. The second-order valence-electron chi connectivity index (χ2n) is 8.38. The first-order valence-electron chi connectivity index (χ1n) is 11.3. The number of aryl methyl sites for hydroxylation is 1. The highest BCUT2D eigenvalue weighted by Crippen LogP contribution is 2.27. The minimum atomic E-state index is 0.158. The number of hydrogen-bond donors (Lipinski definition) is 0. The van der Waals surface area contributed by atoms with Gasteiger partial charge in [-0.1, -0.05) is 30.8 Å². The van der Waals surface area contributed by atoms with Crippen LogP contribution in [0.25, 0.3) is 0 Å². The van der Waals surface area contributed by atoms with Crippen LogP contribution in [0.2, 0.25) is 0 Å². The second-order valence-corrected chi connectivity index (χ2v) is 9.32. The minimum Gasteiger partial charge on any atom is -0.354 e. The Balaban J connectivity index is 1.42. The van der Waals surface area contributed by atoms with Gasteiger partial charge in [0.25, 0.3) is 5.91 Å². The average molecular weight is 425 g/mol. The van der Waals surface area contributed by atoms with Crippen molar-refractivity contribution >= 4 is 23.5 Å². The van der Waals surface area contributed by atoms with Gasteiger partial charge in [-0.2, -0.15) is 0 Å². The Morgan fingerprint density at radius 1 is 1.07 bits per heavy atom. The van der Waals surface area contributed by atoms with Crippen molar-refractivity contribution in [3.63, 3.8) is 0 Å². The molecule has 0 radical (unpaired) electrons. The molecule has 30 heavy (non-hydrogen) atoms. The molecule has 0 spiro atoms. The number of aromatic nitrogens is 2. The Morgan fingerprint density at radius 2 is 1.80 bits per heavy atom. The van der Waals surface area contributed by atoms with Crippen molar-refractivity contribution in [3.05, 3.63) is 47.2 Å². The normalized spacial score (nSPS) is 19.3. The zero-order chi connectivity index (χ0) is 20.9. The fourth-order valence-corrected chi connectivity index (χ4v) is 5.11. The lowest BCUT2D eigenvalue weighted by Crippen LogP contribution is -2.38. The number of likely N-dealkylation sites (tertiary alicyclic amines) is 1. The van der Waals surface area contributed by atoms with E-state index < -0.39 is 0 Å². The molecule has 0 bridgehead atoms. The molecular weight excluding hydrogens is 392 g/mol. The molecule has 3 heterocycles. The summed E-state index contributed by atoms with van der Waals surface area (Å²) in [4.78, 5) is 26.5. The van der Waals surface area contributed by atoms with Crippen molar-refractivity contribution in [3.8, 4) is 0 Å². The summed E-state index contributed by atoms with van der Waals surface area (Å²) in [5.41, 5.74) is 3.08. The van der Waals surface area contributed by atoms with E-state index in [-0.39, 0.29) is 5.91 Å². The van der Waals surface area contributed by atoms with Crippen LogP contribution in [-0.4, -0.2) is 46.5 Å². The van der Waals surface area contributed by atoms with Crippen molar-refractivity contribution in [1.29, 1.82) is 0 Å². The highest BCUT2D eigenvalue weighted by atomic mass is 32.2. The van der Waals surface area contributed by atoms with Gasteiger partial charge in [0.1, 0.15) is 5.82 Å². The molecule has 2 fully saturated rings. The van der Waals surface area contributed by atoms with Gasteiger partial charge in [0, 0.05) is 48.8 Å². The molecule has 1 atom stereocenters. The van der Waals surface area contributed by atoms with E-state index in [0.717, 1.165) is 66.9 Å². The van der Waals surface area contributed by atoms with Crippen LogP contribution in [-0.2, 0) is 12.2 Å². The van der Waals surface area contributed by atoms with E-state index in [1.54, 1.807) is 11.8 Å². The standard InChI is InChI=1S/C24H32N4OS/c1-3-21-16-22(28-15-5-4-8-18(28)2)26-24(25-21)30-17-19-9-11-20(12-10-19)23(29)27-13-6-7-14-27/h9-12,16,18H,3-8,13-15,17H2,1-2H3/t18-/m1/s1. The van der Waals surface area contributed by atoms with Crippen molar-refractivity contribution in [2.24, 2.45) is 0 Å². The Kier molecular flexibility index (Phi) is 6.93. The maximum Gasteiger partial charge on any atom is 0.253 e. The molecule has 0 saturated carbocycles. The highest BCUT2D eigenvalue weighted by Gasteiger charge is 2.21. The molecule has 2 aromatic rings. The number of thioether (sulfide) groups is 1. The zero-order valence-corrected chi connectivity index (χ0v) is 19.0.